The normalized spacial score (nSPS) is 14.1. The van der Waals surface area contributed by atoms with Gasteiger partial charge in [0.1, 0.15) is 0 Å². The Balaban J connectivity index is 3.10. The SMILES string of the molecule is CCCC(OCC)C(NCC)c1cccc(OC)c1F. The number of benzene rings is 1. The van der Waals surface area contributed by atoms with Crippen LogP contribution in [0.1, 0.15) is 45.2 Å². The van der Waals surface area contributed by atoms with Crippen LogP contribution < -0.4 is 10.1 Å². The maximum Gasteiger partial charge on any atom is 0.169 e. The van der Waals surface area contributed by atoms with Crippen molar-refractivity contribution in [3.8, 4) is 5.75 Å². The Morgan fingerprint density at radius 2 is 2.00 bits per heavy atom. The second kappa shape index (κ2) is 8.93. The number of likely N-dealkylation sites (N-methyl/N-ethyl adjacent to an activating group) is 1. The van der Waals surface area contributed by atoms with Crippen LogP contribution in [0.2, 0.25) is 0 Å². The number of hydrogen-bond donors (Lipinski definition) is 1. The molecule has 0 spiro atoms. The molecule has 4 heteroatoms. The molecule has 0 heterocycles. The number of rotatable bonds is 9. The van der Waals surface area contributed by atoms with Crippen LogP contribution in [-0.4, -0.2) is 26.4 Å². The van der Waals surface area contributed by atoms with Gasteiger partial charge in [0.05, 0.1) is 19.3 Å². The van der Waals surface area contributed by atoms with Gasteiger partial charge in [0.2, 0.25) is 0 Å². The maximum absolute atomic E-state index is 14.5. The van der Waals surface area contributed by atoms with Gasteiger partial charge in [0.25, 0.3) is 0 Å². The summed E-state index contributed by atoms with van der Waals surface area (Å²) in [4.78, 5) is 0. The summed E-state index contributed by atoms with van der Waals surface area (Å²) < 4.78 is 25.3. The molecule has 0 aliphatic rings. The third kappa shape index (κ3) is 4.18. The van der Waals surface area contributed by atoms with E-state index in [1.165, 1.54) is 7.11 Å². The molecule has 0 radical (unpaired) electrons. The third-order valence-corrected chi connectivity index (χ3v) is 3.30. The lowest BCUT2D eigenvalue weighted by Gasteiger charge is -2.28. The summed E-state index contributed by atoms with van der Waals surface area (Å²) in [6.45, 7) is 7.47. The summed E-state index contributed by atoms with van der Waals surface area (Å²) in [5.41, 5.74) is 0.609. The van der Waals surface area contributed by atoms with E-state index in [-0.39, 0.29) is 23.7 Å². The molecule has 0 saturated heterocycles. The summed E-state index contributed by atoms with van der Waals surface area (Å²) in [5.74, 6) is -0.0288. The van der Waals surface area contributed by atoms with Gasteiger partial charge in [-0.3, -0.25) is 0 Å². The summed E-state index contributed by atoms with van der Waals surface area (Å²) in [7, 11) is 1.48. The topological polar surface area (TPSA) is 30.5 Å². The molecule has 1 N–H and O–H groups in total. The molecule has 0 aromatic heterocycles. The third-order valence-electron chi connectivity index (χ3n) is 3.30. The van der Waals surface area contributed by atoms with Crippen molar-refractivity contribution in [1.82, 2.24) is 5.32 Å². The molecule has 0 saturated carbocycles. The number of methoxy groups -OCH3 is 1. The second-order valence-electron chi connectivity index (χ2n) is 4.68. The Hall–Kier alpha value is -1.13. The molecule has 1 rings (SSSR count). The molecule has 0 fully saturated rings. The molecule has 0 bridgehead atoms. The van der Waals surface area contributed by atoms with Crippen LogP contribution in [-0.2, 0) is 4.74 Å². The van der Waals surface area contributed by atoms with Crippen LogP contribution in [0, 0.1) is 5.82 Å². The lowest BCUT2D eigenvalue weighted by molar-refractivity contribution is 0.0270. The van der Waals surface area contributed by atoms with Crippen molar-refractivity contribution in [1.29, 1.82) is 0 Å². The van der Waals surface area contributed by atoms with Crippen molar-refractivity contribution in [3.63, 3.8) is 0 Å². The minimum Gasteiger partial charge on any atom is -0.494 e. The van der Waals surface area contributed by atoms with Crippen molar-refractivity contribution < 1.29 is 13.9 Å². The molecule has 0 aliphatic carbocycles. The van der Waals surface area contributed by atoms with E-state index in [4.69, 9.17) is 9.47 Å². The van der Waals surface area contributed by atoms with Crippen molar-refractivity contribution in [2.75, 3.05) is 20.3 Å². The van der Waals surface area contributed by atoms with Crippen LogP contribution in [0.15, 0.2) is 18.2 Å². The highest BCUT2D eigenvalue weighted by atomic mass is 19.1. The zero-order valence-corrected chi connectivity index (χ0v) is 12.9. The molecule has 1 aromatic rings. The molecule has 0 aliphatic heterocycles. The van der Waals surface area contributed by atoms with Crippen molar-refractivity contribution >= 4 is 0 Å². The molecule has 2 unspecified atom stereocenters. The average Bonchev–Trinajstić information content (AvgIpc) is 2.45. The fraction of sp³-hybridized carbons (Fsp3) is 0.625. The van der Waals surface area contributed by atoms with E-state index in [1.807, 2.05) is 19.9 Å². The first-order valence-corrected chi connectivity index (χ1v) is 7.36. The maximum atomic E-state index is 14.5. The Morgan fingerprint density at radius 1 is 1.25 bits per heavy atom. The zero-order valence-electron chi connectivity index (χ0n) is 12.9. The van der Waals surface area contributed by atoms with Crippen LogP contribution >= 0.6 is 0 Å². The summed E-state index contributed by atoms with van der Waals surface area (Å²) >= 11 is 0. The minimum absolute atomic E-state index is 0.0356. The average molecular weight is 283 g/mol. The monoisotopic (exact) mass is 283 g/mol. The van der Waals surface area contributed by atoms with E-state index in [0.29, 0.717) is 12.2 Å². The molecular formula is C16H26FNO2. The van der Waals surface area contributed by atoms with Gasteiger partial charge >= 0.3 is 0 Å². The lowest BCUT2D eigenvalue weighted by Crippen LogP contribution is -2.34. The van der Waals surface area contributed by atoms with Crippen LogP contribution in [0.5, 0.6) is 5.75 Å². The Labute approximate surface area is 121 Å². The molecule has 20 heavy (non-hydrogen) atoms. The van der Waals surface area contributed by atoms with Gasteiger partial charge in [-0.05, 0) is 26.0 Å². The number of hydrogen-bond acceptors (Lipinski definition) is 3. The Morgan fingerprint density at radius 3 is 2.55 bits per heavy atom. The van der Waals surface area contributed by atoms with E-state index in [9.17, 15) is 4.39 Å². The first-order valence-electron chi connectivity index (χ1n) is 7.36. The quantitative estimate of drug-likeness (QED) is 0.749. The highest BCUT2D eigenvalue weighted by molar-refractivity contribution is 5.33. The van der Waals surface area contributed by atoms with Gasteiger partial charge < -0.3 is 14.8 Å². The van der Waals surface area contributed by atoms with Gasteiger partial charge in [-0.25, -0.2) is 4.39 Å². The number of nitrogens with one attached hydrogen (secondary N) is 1. The van der Waals surface area contributed by atoms with Crippen molar-refractivity contribution in [2.24, 2.45) is 0 Å². The molecule has 114 valence electrons. The molecule has 0 amide bonds. The van der Waals surface area contributed by atoms with E-state index >= 15 is 0 Å². The first kappa shape index (κ1) is 16.9. The predicted molar refractivity (Wildman–Crippen MR) is 79.7 cm³/mol. The fourth-order valence-corrected chi connectivity index (χ4v) is 2.43. The van der Waals surface area contributed by atoms with Crippen molar-refractivity contribution in [3.05, 3.63) is 29.6 Å². The molecule has 1 aromatic carbocycles. The van der Waals surface area contributed by atoms with Crippen LogP contribution in [0.4, 0.5) is 4.39 Å². The van der Waals surface area contributed by atoms with Gasteiger partial charge in [0, 0.05) is 12.2 Å². The number of ether oxygens (including phenoxy) is 2. The summed E-state index contributed by atoms with van der Waals surface area (Å²) in [6, 6.07) is 5.09. The van der Waals surface area contributed by atoms with Gasteiger partial charge in [0.15, 0.2) is 11.6 Å². The van der Waals surface area contributed by atoms with Crippen LogP contribution in [0.3, 0.4) is 0 Å². The van der Waals surface area contributed by atoms with E-state index in [0.717, 1.165) is 19.4 Å². The predicted octanol–water partition coefficient (Wildman–Crippen LogP) is 3.69. The van der Waals surface area contributed by atoms with Gasteiger partial charge in [-0.2, -0.15) is 0 Å². The summed E-state index contributed by atoms with van der Waals surface area (Å²) in [6.07, 6.45) is 1.85. The Bertz CT molecular complexity index is 392. The Kier molecular flexibility index (Phi) is 7.55. The first-order chi connectivity index (χ1) is 9.69. The standard InChI is InChI=1S/C16H26FNO2/c1-5-9-14(20-7-3)16(18-6-2)12-10-8-11-13(19-4)15(12)17/h8,10-11,14,16,18H,5-7,9H2,1-4H3. The highest BCUT2D eigenvalue weighted by Crippen LogP contribution is 2.29. The second-order valence-corrected chi connectivity index (χ2v) is 4.68. The van der Waals surface area contributed by atoms with Crippen LogP contribution in [0.25, 0.3) is 0 Å². The molecule has 2 atom stereocenters. The van der Waals surface area contributed by atoms with E-state index < -0.39 is 0 Å². The van der Waals surface area contributed by atoms with E-state index in [2.05, 4.69) is 12.2 Å². The summed E-state index contributed by atoms with van der Waals surface area (Å²) in [5, 5.41) is 3.34. The minimum atomic E-state index is -0.304. The van der Waals surface area contributed by atoms with Gasteiger partial charge in [-0.15, -0.1) is 0 Å². The zero-order chi connectivity index (χ0) is 15.0. The molecule has 3 nitrogen and oxygen atoms in total. The smallest absolute Gasteiger partial charge is 0.169 e. The van der Waals surface area contributed by atoms with E-state index in [1.54, 1.807) is 12.1 Å². The largest absolute Gasteiger partial charge is 0.494 e. The lowest BCUT2D eigenvalue weighted by atomic mass is 9.97. The molecular weight excluding hydrogens is 257 g/mol. The fourth-order valence-electron chi connectivity index (χ4n) is 2.43. The van der Waals surface area contributed by atoms with Crippen molar-refractivity contribution in [2.45, 2.75) is 45.8 Å². The highest BCUT2D eigenvalue weighted by Gasteiger charge is 2.26. The van der Waals surface area contributed by atoms with Gasteiger partial charge in [-0.1, -0.05) is 32.4 Å². The number of halogens is 1.